The van der Waals surface area contributed by atoms with Crippen LogP contribution in [0, 0.1) is 0 Å². The molecule has 2 unspecified atom stereocenters. The van der Waals surface area contributed by atoms with Crippen molar-refractivity contribution in [3.8, 4) is 11.6 Å². The van der Waals surface area contributed by atoms with E-state index in [2.05, 4.69) is 26.0 Å². The van der Waals surface area contributed by atoms with Crippen molar-refractivity contribution in [1.29, 1.82) is 0 Å². The number of aromatic nitrogens is 3. The molecule has 0 amide bonds. The van der Waals surface area contributed by atoms with Crippen LogP contribution in [0.25, 0.3) is 0 Å². The predicted molar refractivity (Wildman–Crippen MR) is 129 cm³/mol. The van der Waals surface area contributed by atoms with Gasteiger partial charge in [0, 0.05) is 27.5 Å². The molecule has 12 heteroatoms. The van der Waals surface area contributed by atoms with E-state index in [1.165, 1.54) is 10.5 Å². The molecule has 9 nitrogen and oxygen atoms in total. The average Bonchev–Trinajstić information content (AvgIpc) is 3.19. The number of hydrogen-bond acceptors (Lipinski definition) is 7. The van der Waals surface area contributed by atoms with Gasteiger partial charge in [-0.25, -0.2) is 4.98 Å². The van der Waals surface area contributed by atoms with Gasteiger partial charge < -0.3 is 14.0 Å². The van der Waals surface area contributed by atoms with Crippen LogP contribution < -0.4 is 9.04 Å². The van der Waals surface area contributed by atoms with E-state index in [0.717, 1.165) is 17.7 Å². The highest BCUT2D eigenvalue weighted by Gasteiger charge is 2.31. The van der Waals surface area contributed by atoms with Gasteiger partial charge in [-0.05, 0) is 66.4 Å². The summed E-state index contributed by atoms with van der Waals surface area (Å²) in [7, 11) is 0. The van der Waals surface area contributed by atoms with Crippen molar-refractivity contribution in [2.45, 2.75) is 38.8 Å². The number of carbonyl (C=O) groups excluding carboxylic acids is 1. The van der Waals surface area contributed by atoms with E-state index >= 15 is 0 Å². The van der Waals surface area contributed by atoms with Gasteiger partial charge >= 0.3 is 5.97 Å². The van der Waals surface area contributed by atoms with Gasteiger partial charge in [0.1, 0.15) is 12.3 Å². The maximum atomic E-state index is 12.3. The Balaban J connectivity index is 1.61. The highest BCUT2D eigenvalue weighted by Crippen LogP contribution is 2.40. The van der Waals surface area contributed by atoms with E-state index in [1.54, 1.807) is 48.1 Å². The molecule has 1 aliphatic carbocycles. The molecule has 0 saturated heterocycles. The topological polar surface area (TPSA) is 110 Å². The van der Waals surface area contributed by atoms with Crippen LogP contribution in [0.1, 0.15) is 37.1 Å². The van der Waals surface area contributed by atoms with Gasteiger partial charge in [0.2, 0.25) is 5.88 Å². The standard InChI is InChI=1S/C22H22BrClN4O5S/c1-2-32-21(29)13-27-19-7-4-8-20(17(19)12-26-27)28(34(30)31)15-10-18(23)22(25-11-15)33-16-6-3-5-14(24)9-16/h3,5-6,9-12,20H,2,4,7-8,13H2,1H3,(H,30,31)/p-1. The zero-order valence-corrected chi connectivity index (χ0v) is 21.3. The van der Waals surface area contributed by atoms with Gasteiger partial charge in [-0.3, -0.25) is 18.0 Å². The van der Waals surface area contributed by atoms with Crippen LogP contribution in [-0.2, 0) is 33.8 Å². The fourth-order valence-corrected chi connectivity index (χ4v) is 5.22. The second-order valence-corrected chi connectivity index (χ2v) is 9.62. The van der Waals surface area contributed by atoms with Crippen LogP contribution in [0.3, 0.4) is 0 Å². The number of anilines is 1. The molecule has 0 radical (unpaired) electrons. The molecule has 0 fully saturated rings. The number of pyridine rings is 1. The van der Waals surface area contributed by atoms with Crippen LogP contribution >= 0.6 is 27.5 Å². The lowest BCUT2D eigenvalue weighted by molar-refractivity contribution is -0.144. The lowest BCUT2D eigenvalue weighted by atomic mass is 9.92. The maximum Gasteiger partial charge on any atom is 0.327 e. The highest BCUT2D eigenvalue weighted by molar-refractivity contribution is 9.10. The van der Waals surface area contributed by atoms with Gasteiger partial charge in [0.05, 0.1) is 35.2 Å². The predicted octanol–water partition coefficient (Wildman–Crippen LogP) is 4.73. The number of ether oxygens (including phenoxy) is 2. The third-order valence-corrected chi connectivity index (χ3v) is 6.91. The lowest BCUT2D eigenvalue weighted by Crippen LogP contribution is -2.33. The van der Waals surface area contributed by atoms with Crippen molar-refractivity contribution >= 4 is 50.5 Å². The van der Waals surface area contributed by atoms with Crippen LogP contribution in [0.4, 0.5) is 5.69 Å². The number of halogens is 2. The molecular formula is C22H21BrClN4O5S-. The Morgan fingerprint density at radius 1 is 1.38 bits per heavy atom. The van der Waals surface area contributed by atoms with Gasteiger partial charge in [-0.2, -0.15) is 5.10 Å². The van der Waals surface area contributed by atoms with E-state index in [0.29, 0.717) is 33.8 Å². The molecule has 1 aromatic carbocycles. The van der Waals surface area contributed by atoms with Gasteiger partial charge in [-0.1, -0.05) is 17.7 Å². The molecule has 2 aromatic heterocycles. The number of hydrogen-bond donors (Lipinski definition) is 0. The summed E-state index contributed by atoms with van der Waals surface area (Å²) in [6.45, 7) is 2.01. The van der Waals surface area contributed by atoms with Gasteiger partial charge in [-0.15, -0.1) is 0 Å². The third-order valence-electron chi connectivity index (χ3n) is 5.32. The van der Waals surface area contributed by atoms with Crippen molar-refractivity contribution < 1.29 is 23.0 Å². The molecule has 0 aliphatic heterocycles. The molecule has 1 aliphatic rings. The summed E-state index contributed by atoms with van der Waals surface area (Å²) in [4.78, 5) is 16.2. The second kappa shape index (κ2) is 10.9. The first-order chi connectivity index (χ1) is 16.4. The maximum absolute atomic E-state index is 12.3. The Kier molecular flexibility index (Phi) is 7.87. The van der Waals surface area contributed by atoms with Crippen molar-refractivity contribution in [3.05, 3.63) is 63.5 Å². The van der Waals surface area contributed by atoms with Crippen molar-refractivity contribution in [1.82, 2.24) is 14.8 Å². The third kappa shape index (κ3) is 5.43. The van der Waals surface area contributed by atoms with E-state index in [9.17, 15) is 13.6 Å². The number of fused-ring (bicyclic) bond motifs is 1. The van der Waals surface area contributed by atoms with E-state index < -0.39 is 17.3 Å². The largest absolute Gasteiger partial charge is 0.755 e. The monoisotopic (exact) mass is 567 g/mol. The molecule has 180 valence electrons. The Hall–Kier alpha value is -2.47. The van der Waals surface area contributed by atoms with Crippen LogP contribution in [0.2, 0.25) is 5.02 Å². The molecule has 0 saturated carbocycles. The number of nitrogens with zero attached hydrogens (tertiary/aromatic N) is 4. The Bertz CT molecular complexity index is 1220. The second-order valence-electron chi connectivity index (χ2n) is 7.50. The van der Waals surface area contributed by atoms with Crippen LogP contribution in [0.5, 0.6) is 11.6 Å². The zero-order valence-electron chi connectivity index (χ0n) is 18.1. The van der Waals surface area contributed by atoms with Gasteiger partial charge in [0.25, 0.3) is 0 Å². The summed E-state index contributed by atoms with van der Waals surface area (Å²) < 4.78 is 38.8. The molecule has 34 heavy (non-hydrogen) atoms. The quantitative estimate of drug-likeness (QED) is 0.285. The first-order valence-corrected chi connectivity index (χ1v) is 12.8. The number of benzene rings is 1. The molecule has 2 heterocycles. The Morgan fingerprint density at radius 3 is 2.91 bits per heavy atom. The van der Waals surface area contributed by atoms with Crippen LogP contribution in [0.15, 0.2) is 47.2 Å². The average molecular weight is 569 g/mol. The van der Waals surface area contributed by atoms with Crippen molar-refractivity contribution in [2.75, 3.05) is 10.9 Å². The molecule has 2 atom stereocenters. The molecular weight excluding hydrogens is 548 g/mol. The van der Waals surface area contributed by atoms with Crippen molar-refractivity contribution in [3.63, 3.8) is 0 Å². The fraction of sp³-hybridized carbons (Fsp3) is 0.318. The number of carbonyl (C=O) groups is 1. The minimum Gasteiger partial charge on any atom is -0.755 e. The minimum atomic E-state index is -2.58. The highest BCUT2D eigenvalue weighted by atomic mass is 79.9. The van der Waals surface area contributed by atoms with E-state index in [1.807, 2.05) is 0 Å². The first kappa shape index (κ1) is 24.6. The van der Waals surface area contributed by atoms with Crippen molar-refractivity contribution in [2.24, 2.45) is 0 Å². The Labute approximate surface area is 212 Å². The van der Waals surface area contributed by atoms with E-state index in [-0.39, 0.29) is 25.0 Å². The van der Waals surface area contributed by atoms with Crippen LogP contribution in [-0.4, -0.2) is 36.1 Å². The van der Waals surface area contributed by atoms with E-state index in [4.69, 9.17) is 21.1 Å². The number of esters is 1. The summed E-state index contributed by atoms with van der Waals surface area (Å²) in [6, 6.07) is 8.04. The summed E-state index contributed by atoms with van der Waals surface area (Å²) in [5.74, 6) is 0.390. The smallest absolute Gasteiger partial charge is 0.327 e. The number of rotatable bonds is 8. The summed E-state index contributed by atoms with van der Waals surface area (Å²) in [5, 5.41) is 4.85. The molecule has 4 rings (SSSR count). The normalized spacial score (nSPS) is 15.9. The summed E-state index contributed by atoms with van der Waals surface area (Å²) in [5.41, 5.74) is 1.96. The minimum absolute atomic E-state index is 0.0149. The lowest BCUT2D eigenvalue weighted by Gasteiger charge is -2.36. The zero-order chi connectivity index (χ0) is 24.2. The van der Waals surface area contributed by atoms with Gasteiger partial charge in [0.15, 0.2) is 0 Å². The summed E-state index contributed by atoms with van der Waals surface area (Å²) >= 11 is 6.85. The summed E-state index contributed by atoms with van der Waals surface area (Å²) in [6.07, 6.45) is 5.10. The molecule has 0 N–H and O–H groups in total. The molecule has 0 spiro atoms. The fourth-order valence-electron chi connectivity index (χ4n) is 3.93. The molecule has 3 aromatic rings. The Morgan fingerprint density at radius 2 is 2.21 bits per heavy atom. The first-order valence-electron chi connectivity index (χ1n) is 10.5. The SMILES string of the molecule is CCOC(=O)Cn1ncc2c1CCCC2N(c1cnc(Oc2cccc(Cl)c2)c(Br)c1)S(=O)[O-]. The molecule has 0 bridgehead atoms.